The van der Waals surface area contributed by atoms with Crippen LogP contribution in [0, 0.1) is 5.82 Å². The fraction of sp³-hybridized carbons (Fsp3) is 0.400. The minimum Gasteiger partial charge on any atom is -0.504 e. The van der Waals surface area contributed by atoms with Crippen LogP contribution in [-0.4, -0.2) is 29.9 Å². The van der Waals surface area contributed by atoms with E-state index in [-0.39, 0.29) is 15.8 Å². The molecule has 1 unspecified atom stereocenters. The Bertz CT molecular complexity index is 381. The van der Waals surface area contributed by atoms with Crippen LogP contribution in [-0.2, 0) is 4.74 Å². The monoisotopic (exact) mass is 291 g/mol. The van der Waals surface area contributed by atoms with Crippen molar-refractivity contribution in [2.24, 2.45) is 0 Å². The molecule has 1 aromatic rings. The summed E-state index contributed by atoms with van der Waals surface area (Å²) in [4.78, 5) is 0. The van der Waals surface area contributed by atoms with E-state index in [2.05, 4.69) is 21.2 Å². The second-order valence-corrected chi connectivity index (χ2v) is 4.31. The van der Waals surface area contributed by atoms with Gasteiger partial charge in [-0.2, -0.15) is 0 Å². The van der Waals surface area contributed by atoms with Crippen molar-refractivity contribution in [3.8, 4) is 11.5 Å². The van der Waals surface area contributed by atoms with Crippen molar-refractivity contribution < 1.29 is 19.3 Å². The Morgan fingerprint density at radius 2 is 2.25 bits per heavy atom. The molecule has 88 valence electrons. The smallest absolute Gasteiger partial charge is 0.164 e. The van der Waals surface area contributed by atoms with Crippen molar-refractivity contribution in [3.05, 3.63) is 21.9 Å². The highest BCUT2D eigenvalue weighted by Gasteiger charge is 2.25. The van der Waals surface area contributed by atoms with Gasteiger partial charge >= 0.3 is 0 Å². The van der Waals surface area contributed by atoms with Crippen LogP contribution >= 0.6 is 15.9 Å². The molecule has 6 heteroatoms. The molecule has 0 radical (unpaired) electrons. The van der Waals surface area contributed by atoms with Gasteiger partial charge in [-0.15, -0.1) is 0 Å². The number of morpholine rings is 1. The van der Waals surface area contributed by atoms with E-state index in [0.717, 1.165) is 12.6 Å². The molecule has 0 saturated carbocycles. The lowest BCUT2D eigenvalue weighted by atomic mass is 10.1. The topological polar surface area (TPSA) is 61.7 Å². The summed E-state index contributed by atoms with van der Waals surface area (Å²) in [5, 5.41) is 22.1. The molecule has 1 aliphatic rings. The van der Waals surface area contributed by atoms with Gasteiger partial charge in [-0.25, -0.2) is 4.39 Å². The van der Waals surface area contributed by atoms with Gasteiger partial charge in [-0.05, 0) is 15.9 Å². The van der Waals surface area contributed by atoms with Gasteiger partial charge in [0.1, 0.15) is 5.82 Å². The largest absolute Gasteiger partial charge is 0.504 e. The van der Waals surface area contributed by atoms with Crippen LogP contribution in [0.4, 0.5) is 4.39 Å². The van der Waals surface area contributed by atoms with Gasteiger partial charge in [-0.1, -0.05) is 0 Å². The van der Waals surface area contributed by atoms with E-state index in [9.17, 15) is 14.6 Å². The maximum Gasteiger partial charge on any atom is 0.164 e. The molecular weight excluding hydrogens is 281 g/mol. The molecule has 2 rings (SSSR count). The van der Waals surface area contributed by atoms with Gasteiger partial charge in [0, 0.05) is 24.7 Å². The van der Waals surface area contributed by atoms with Crippen LogP contribution in [0.2, 0.25) is 0 Å². The molecule has 1 aliphatic heterocycles. The average Bonchev–Trinajstić information content (AvgIpc) is 2.28. The van der Waals surface area contributed by atoms with Crippen molar-refractivity contribution in [3.63, 3.8) is 0 Å². The molecule has 16 heavy (non-hydrogen) atoms. The number of phenolic OH excluding ortho intramolecular Hbond substituents is 2. The standard InChI is InChI=1S/C10H11BrFNO3/c11-9-5(12)3-6(14)10(15)8(9)7-4-13-1-2-16-7/h3,7,13-15H,1-2,4H2. The second kappa shape index (κ2) is 4.57. The predicted octanol–water partition coefficient (Wildman–Crippen LogP) is 1.66. The van der Waals surface area contributed by atoms with Crippen LogP contribution in [0.3, 0.4) is 0 Å². The Hall–Kier alpha value is -0.850. The normalized spacial score (nSPS) is 21.0. The molecule has 3 N–H and O–H groups in total. The molecule has 1 heterocycles. The van der Waals surface area contributed by atoms with Gasteiger partial charge < -0.3 is 20.3 Å². The summed E-state index contributed by atoms with van der Waals surface area (Å²) in [6, 6.07) is 0.860. The van der Waals surface area contributed by atoms with E-state index in [1.165, 1.54) is 0 Å². The Balaban J connectivity index is 2.45. The van der Waals surface area contributed by atoms with Gasteiger partial charge in [-0.3, -0.25) is 0 Å². The minimum absolute atomic E-state index is 0.122. The molecule has 0 aliphatic carbocycles. The summed E-state index contributed by atoms with van der Waals surface area (Å²) < 4.78 is 18.9. The molecule has 1 atom stereocenters. The van der Waals surface area contributed by atoms with Crippen LogP contribution in [0.1, 0.15) is 11.7 Å². The highest BCUT2D eigenvalue weighted by atomic mass is 79.9. The Morgan fingerprint density at radius 3 is 2.88 bits per heavy atom. The first-order valence-electron chi connectivity index (χ1n) is 4.83. The fourth-order valence-electron chi connectivity index (χ4n) is 1.67. The Kier molecular flexibility index (Phi) is 3.32. The van der Waals surface area contributed by atoms with Gasteiger partial charge in [0.2, 0.25) is 0 Å². The molecule has 4 nitrogen and oxygen atoms in total. The number of phenols is 2. The van der Waals surface area contributed by atoms with Crippen molar-refractivity contribution >= 4 is 15.9 Å². The Morgan fingerprint density at radius 1 is 1.50 bits per heavy atom. The zero-order chi connectivity index (χ0) is 11.7. The third-order valence-corrected chi connectivity index (χ3v) is 3.26. The number of benzene rings is 1. The first-order chi connectivity index (χ1) is 7.61. The molecular formula is C10H11BrFNO3. The summed E-state index contributed by atoms with van der Waals surface area (Å²) in [6.07, 6.45) is -0.468. The van der Waals surface area contributed by atoms with E-state index in [0.29, 0.717) is 13.2 Å². The van der Waals surface area contributed by atoms with Crippen molar-refractivity contribution in [1.29, 1.82) is 0 Å². The van der Waals surface area contributed by atoms with Gasteiger partial charge in [0.25, 0.3) is 0 Å². The number of nitrogens with one attached hydrogen (secondary N) is 1. The average molecular weight is 292 g/mol. The lowest BCUT2D eigenvalue weighted by Crippen LogP contribution is -2.33. The third-order valence-electron chi connectivity index (χ3n) is 2.46. The molecule has 0 aromatic heterocycles. The van der Waals surface area contributed by atoms with Gasteiger partial charge in [0.15, 0.2) is 11.5 Å². The van der Waals surface area contributed by atoms with E-state index >= 15 is 0 Å². The fourth-order valence-corrected chi connectivity index (χ4v) is 2.22. The minimum atomic E-state index is -0.625. The van der Waals surface area contributed by atoms with Crippen LogP contribution in [0.25, 0.3) is 0 Å². The quantitative estimate of drug-likeness (QED) is 0.689. The highest BCUT2D eigenvalue weighted by Crippen LogP contribution is 2.41. The lowest BCUT2D eigenvalue weighted by molar-refractivity contribution is 0.0254. The number of ether oxygens (including phenoxy) is 1. The van der Waals surface area contributed by atoms with Crippen LogP contribution in [0.5, 0.6) is 11.5 Å². The summed E-state index contributed by atoms with van der Waals surface area (Å²) in [6.45, 7) is 1.67. The summed E-state index contributed by atoms with van der Waals surface area (Å²) in [5.41, 5.74) is 0.240. The second-order valence-electron chi connectivity index (χ2n) is 3.52. The number of hydrogen-bond acceptors (Lipinski definition) is 4. The zero-order valence-electron chi connectivity index (χ0n) is 8.33. The van der Waals surface area contributed by atoms with Gasteiger partial charge in [0.05, 0.1) is 17.2 Å². The molecule has 1 aromatic carbocycles. The highest BCUT2D eigenvalue weighted by molar-refractivity contribution is 9.10. The van der Waals surface area contributed by atoms with Crippen molar-refractivity contribution in [2.75, 3.05) is 19.7 Å². The molecule has 0 amide bonds. The molecule has 1 saturated heterocycles. The molecule has 0 spiro atoms. The molecule has 1 fully saturated rings. The maximum atomic E-state index is 13.4. The van der Waals surface area contributed by atoms with E-state index in [1.807, 2.05) is 0 Å². The van der Waals surface area contributed by atoms with E-state index in [4.69, 9.17) is 4.74 Å². The summed E-state index contributed by atoms with van der Waals surface area (Å²) >= 11 is 3.05. The molecule has 0 bridgehead atoms. The number of halogens is 2. The predicted molar refractivity (Wildman–Crippen MR) is 59.0 cm³/mol. The van der Waals surface area contributed by atoms with E-state index < -0.39 is 17.7 Å². The lowest BCUT2D eigenvalue weighted by Gasteiger charge is -2.25. The van der Waals surface area contributed by atoms with Crippen LogP contribution in [0.15, 0.2) is 10.5 Å². The van der Waals surface area contributed by atoms with Crippen LogP contribution < -0.4 is 5.32 Å². The number of rotatable bonds is 1. The summed E-state index contributed by atoms with van der Waals surface area (Å²) in [5.74, 6) is -1.45. The van der Waals surface area contributed by atoms with Crippen molar-refractivity contribution in [2.45, 2.75) is 6.10 Å². The first-order valence-corrected chi connectivity index (χ1v) is 5.62. The first kappa shape index (κ1) is 11.6. The summed E-state index contributed by atoms with van der Waals surface area (Å²) in [7, 11) is 0. The SMILES string of the molecule is Oc1cc(F)c(Br)c(C2CNCCO2)c1O. The Labute approximate surface area is 100 Å². The maximum absolute atomic E-state index is 13.4. The third kappa shape index (κ3) is 2.00. The zero-order valence-corrected chi connectivity index (χ0v) is 9.92. The van der Waals surface area contributed by atoms with Crippen molar-refractivity contribution in [1.82, 2.24) is 5.32 Å². The number of aromatic hydroxyl groups is 2. The number of hydrogen-bond donors (Lipinski definition) is 3. The van der Waals surface area contributed by atoms with E-state index in [1.54, 1.807) is 0 Å².